The third-order valence-electron chi connectivity index (χ3n) is 2.56. The molecule has 0 aliphatic rings. The standard InChI is InChI=1S/C14H28N2O3S/c1-6-20-9-10(2)15-13(19)16-11(7-12(17)18)8-14(3,4)5/h10-11H,6-9H2,1-5H3,(H,17,18)(H2,15,16,19). The van der Waals surface area contributed by atoms with E-state index in [2.05, 4.69) is 17.6 Å². The molecule has 0 saturated carbocycles. The molecule has 0 radical (unpaired) electrons. The van der Waals surface area contributed by atoms with Gasteiger partial charge < -0.3 is 15.7 Å². The zero-order chi connectivity index (χ0) is 15.8. The van der Waals surface area contributed by atoms with Crippen molar-refractivity contribution in [2.24, 2.45) is 5.41 Å². The minimum atomic E-state index is -0.894. The molecule has 0 bridgehead atoms. The normalized spacial score (nSPS) is 14.4. The van der Waals surface area contributed by atoms with Gasteiger partial charge >= 0.3 is 12.0 Å². The topological polar surface area (TPSA) is 78.4 Å². The fourth-order valence-corrected chi connectivity index (χ4v) is 2.58. The lowest BCUT2D eigenvalue weighted by Gasteiger charge is -2.26. The maximum Gasteiger partial charge on any atom is 0.315 e. The smallest absolute Gasteiger partial charge is 0.315 e. The highest BCUT2D eigenvalue weighted by Gasteiger charge is 2.23. The zero-order valence-electron chi connectivity index (χ0n) is 13.2. The molecule has 6 heteroatoms. The van der Waals surface area contributed by atoms with E-state index < -0.39 is 5.97 Å². The Labute approximate surface area is 126 Å². The number of urea groups is 1. The molecule has 0 fully saturated rings. The summed E-state index contributed by atoms with van der Waals surface area (Å²) in [6, 6.07) is -0.566. The van der Waals surface area contributed by atoms with Gasteiger partial charge in [-0.15, -0.1) is 0 Å². The largest absolute Gasteiger partial charge is 0.481 e. The lowest BCUT2D eigenvalue weighted by Crippen LogP contribution is -2.47. The first-order valence-corrected chi connectivity index (χ1v) is 8.16. The summed E-state index contributed by atoms with van der Waals surface area (Å²) in [5.74, 6) is 0.973. The molecule has 0 heterocycles. The molecule has 5 nitrogen and oxygen atoms in total. The van der Waals surface area contributed by atoms with Gasteiger partial charge in [0, 0.05) is 17.8 Å². The average molecular weight is 304 g/mol. The quantitative estimate of drug-likeness (QED) is 0.644. The van der Waals surface area contributed by atoms with E-state index in [4.69, 9.17) is 5.11 Å². The predicted octanol–water partition coefficient (Wildman–Crippen LogP) is 2.71. The average Bonchev–Trinajstić information content (AvgIpc) is 2.22. The van der Waals surface area contributed by atoms with Crippen LogP contribution in [0.3, 0.4) is 0 Å². The molecule has 0 saturated heterocycles. The highest BCUT2D eigenvalue weighted by atomic mass is 32.2. The van der Waals surface area contributed by atoms with Crippen LogP contribution in [0.1, 0.15) is 47.5 Å². The molecule has 3 N–H and O–H groups in total. The van der Waals surface area contributed by atoms with Gasteiger partial charge in [0.15, 0.2) is 0 Å². The third kappa shape index (κ3) is 11.0. The van der Waals surface area contributed by atoms with E-state index in [0.717, 1.165) is 11.5 Å². The molecule has 2 atom stereocenters. The first-order valence-electron chi connectivity index (χ1n) is 7.00. The number of hydrogen-bond acceptors (Lipinski definition) is 3. The second-order valence-corrected chi connectivity index (χ2v) is 7.56. The Morgan fingerprint density at radius 3 is 2.30 bits per heavy atom. The molecule has 0 rings (SSSR count). The van der Waals surface area contributed by atoms with Gasteiger partial charge in [0.05, 0.1) is 6.42 Å². The summed E-state index contributed by atoms with van der Waals surface area (Å²) >= 11 is 1.76. The third-order valence-corrected chi connectivity index (χ3v) is 3.71. The van der Waals surface area contributed by atoms with E-state index in [-0.39, 0.29) is 30.0 Å². The Morgan fingerprint density at radius 2 is 1.85 bits per heavy atom. The van der Waals surface area contributed by atoms with Crippen molar-refractivity contribution in [1.82, 2.24) is 10.6 Å². The van der Waals surface area contributed by atoms with E-state index in [1.54, 1.807) is 11.8 Å². The Bertz CT molecular complexity index is 316. The lowest BCUT2D eigenvalue weighted by atomic mass is 9.87. The van der Waals surface area contributed by atoms with Crippen molar-refractivity contribution in [2.45, 2.75) is 59.5 Å². The second kappa shape index (κ2) is 9.10. The van der Waals surface area contributed by atoms with Crippen LogP contribution in [-0.4, -0.2) is 40.7 Å². The van der Waals surface area contributed by atoms with Gasteiger partial charge in [-0.05, 0) is 24.5 Å². The zero-order valence-corrected chi connectivity index (χ0v) is 14.0. The molecule has 0 aromatic heterocycles. The summed E-state index contributed by atoms with van der Waals surface area (Å²) in [7, 11) is 0. The molecular weight excluding hydrogens is 276 g/mol. The van der Waals surface area contributed by atoms with Gasteiger partial charge in [-0.3, -0.25) is 4.79 Å². The van der Waals surface area contributed by atoms with Gasteiger partial charge in [0.25, 0.3) is 0 Å². The summed E-state index contributed by atoms with van der Waals surface area (Å²) in [5, 5.41) is 14.5. The van der Waals surface area contributed by atoms with E-state index in [1.165, 1.54) is 0 Å². The van der Waals surface area contributed by atoms with E-state index in [0.29, 0.717) is 6.42 Å². The fraction of sp³-hybridized carbons (Fsp3) is 0.857. The maximum absolute atomic E-state index is 11.9. The number of amides is 2. The summed E-state index contributed by atoms with van der Waals surface area (Å²) in [6.45, 7) is 10.1. The summed E-state index contributed by atoms with van der Waals surface area (Å²) in [6.07, 6.45) is 0.577. The molecule has 0 aliphatic carbocycles. The summed E-state index contributed by atoms with van der Waals surface area (Å²) < 4.78 is 0. The van der Waals surface area contributed by atoms with Crippen LogP contribution < -0.4 is 10.6 Å². The van der Waals surface area contributed by atoms with Crippen LogP contribution in [0.25, 0.3) is 0 Å². The highest BCUT2D eigenvalue weighted by molar-refractivity contribution is 7.99. The van der Waals surface area contributed by atoms with Crippen LogP contribution in [0.4, 0.5) is 4.79 Å². The maximum atomic E-state index is 11.9. The Morgan fingerprint density at radius 1 is 1.25 bits per heavy atom. The summed E-state index contributed by atoms with van der Waals surface area (Å²) in [4.78, 5) is 22.7. The molecule has 0 aromatic rings. The molecule has 20 heavy (non-hydrogen) atoms. The van der Waals surface area contributed by atoms with Crippen LogP contribution in [0, 0.1) is 5.41 Å². The number of rotatable bonds is 8. The van der Waals surface area contributed by atoms with Crippen LogP contribution in [0.5, 0.6) is 0 Å². The van der Waals surface area contributed by atoms with Crippen LogP contribution in [0.15, 0.2) is 0 Å². The van der Waals surface area contributed by atoms with Gasteiger partial charge in [0.1, 0.15) is 0 Å². The van der Waals surface area contributed by atoms with Gasteiger partial charge in [-0.2, -0.15) is 11.8 Å². The molecule has 118 valence electrons. The SMILES string of the molecule is CCSCC(C)NC(=O)NC(CC(=O)O)CC(C)(C)C. The molecular formula is C14H28N2O3S. The second-order valence-electron chi connectivity index (χ2n) is 6.24. The monoisotopic (exact) mass is 304 g/mol. The van der Waals surface area contributed by atoms with Crippen molar-refractivity contribution in [3.63, 3.8) is 0 Å². The van der Waals surface area contributed by atoms with Gasteiger partial charge in [-0.1, -0.05) is 27.7 Å². The van der Waals surface area contributed by atoms with Gasteiger partial charge in [0.2, 0.25) is 0 Å². The first-order chi connectivity index (χ1) is 9.14. The number of carboxylic acid groups (broad SMARTS) is 1. The summed E-state index contributed by atoms with van der Waals surface area (Å²) in [5.41, 5.74) is -0.0307. The van der Waals surface area contributed by atoms with E-state index >= 15 is 0 Å². The predicted molar refractivity (Wildman–Crippen MR) is 84.2 cm³/mol. The number of nitrogens with one attached hydrogen (secondary N) is 2. The number of carboxylic acids is 1. The first kappa shape index (κ1) is 19.1. The van der Waals surface area contributed by atoms with Crippen LogP contribution in [0.2, 0.25) is 0 Å². The highest BCUT2D eigenvalue weighted by Crippen LogP contribution is 2.22. The van der Waals surface area contributed by atoms with Crippen molar-refractivity contribution in [3.05, 3.63) is 0 Å². The van der Waals surface area contributed by atoms with Gasteiger partial charge in [-0.25, -0.2) is 4.79 Å². The van der Waals surface area contributed by atoms with Crippen LogP contribution in [-0.2, 0) is 4.79 Å². The number of carbonyl (C=O) groups is 2. The minimum absolute atomic E-state index is 0.0307. The number of hydrogen-bond donors (Lipinski definition) is 3. The Kier molecular flexibility index (Phi) is 8.69. The molecule has 0 spiro atoms. The number of aliphatic carboxylic acids is 1. The number of thioether (sulfide) groups is 1. The Balaban J connectivity index is 4.34. The molecule has 2 amide bonds. The fourth-order valence-electron chi connectivity index (χ4n) is 1.91. The minimum Gasteiger partial charge on any atom is -0.481 e. The van der Waals surface area contributed by atoms with Crippen molar-refractivity contribution < 1.29 is 14.7 Å². The van der Waals surface area contributed by atoms with Crippen LogP contribution >= 0.6 is 11.8 Å². The van der Waals surface area contributed by atoms with Crippen molar-refractivity contribution >= 4 is 23.8 Å². The molecule has 0 aliphatic heterocycles. The van der Waals surface area contributed by atoms with Crippen molar-refractivity contribution in [1.29, 1.82) is 0 Å². The van der Waals surface area contributed by atoms with E-state index in [1.807, 2.05) is 27.7 Å². The Hall–Kier alpha value is -0.910. The molecule has 2 unspecified atom stereocenters. The lowest BCUT2D eigenvalue weighted by molar-refractivity contribution is -0.137. The molecule has 0 aromatic carbocycles. The van der Waals surface area contributed by atoms with Crippen molar-refractivity contribution in [2.75, 3.05) is 11.5 Å². The van der Waals surface area contributed by atoms with E-state index in [9.17, 15) is 9.59 Å². The number of carbonyl (C=O) groups excluding carboxylic acids is 1. The van der Waals surface area contributed by atoms with Crippen molar-refractivity contribution in [3.8, 4) is 0 Å².